The summed E-state index contributed by atoms with van der Waals surface area (Å²) in [6, 6.07) is 20.0. The third kappa shape index (κ3) is 4.02. The Morgan fingerprint density at radius 1 is 0.969 bits per heavy atom. The summed E-state index contributed by atoms with van der Waals surface area (Å²) in [7, 11) is -3.76. The van der Waals surface area contributed by atoms with Gasteiger partial charge in [-0.3, -0.25) is 9.52 Å². The Morgan fingerprint density at radius 3 is 2.25 bits per heavy atom. The second-order valence-electron chi connectivity index (χ2n) is 8.15. The quantitative estimate of drug-likeness (QED) is 0.563. The van der Waals surface area contributed by atoms with Crippen LogP contribution in [0.15, 0.2) is 71.6 Å². The molecule has 1 aliphatic rings. The molecule has 1 heterocycles. The van der Waals surface area contributed by atoms with Crippen molar-refractivity contribution < 1.29 is 13.2 Å². The van der Waals surface area contributed by atoms with E-state index in [4.69, 9.17) is 0 Å². The maximum atomic E-state index is 13.3. The fourth-order valence-corrected chi connectivity index (χ4v) is 5.56. The summed E-state index contributed by atoms with van der Waals surface area (Å²) in [5.74, 6) is -0.0740. The molecule has 0 aliphatic carbocycles. The number of aryl methyl sites for hydroxylation is 2. The summed E-state index contributed by atoms with van der Waals surface area (Å²) in [6.07, 6.45) is 2.09. The highest BCUT2D eigenvalue weighted by Crippen LogP contribution is 2.35. The van der Waals surface area contributed by atoms with Gasteiger partial charge in [0.25, 0.3) is 15.9 Å². The average molecular weight is 449 g/mol. The van der Waals surface area contributed by atoms with Gasteiger partial charge < -0.3 is 4.90 Å². The van der Waals surface area contributed by atoms with Crippen molar-refractivity contribution in [3.05, 3.63) is 89.0 Å². The molecule has 0 fully saturated rings. The van der Waals surface area contributed by atoms with E-state index in [1.165, 1.54) is 0 Å². The molecular formula is C26H28N2O3S. The largest absolute Gasteiger partial charge is 0.305 e. The minimum atomic E-state index is -3.76. The van der Waals surface area contributed by atoms with Crippen molar-refractivity contribution in [1.82, 2.24) is 0 Å². The van der Waals surface area contributed by atoms with Gasteiger partial charge in [0.15, 0.2) is 0 Å². The van der Waals surface area contributed by atoms with E-state index >= 15 is 0 Å². The molecule has 0 saturated heterocycles. The van der Waals surface area contributed by atoms with E-state index < -0.39 is 10.0 Å². The van der Waals surface area contributed by atoms with Crippen LogP contribution in [0.4, 0.5) is 11.4 Å². The van der Waals surface area contributed by atoms with E-state index in [-0.39, 0.29) is 16.8 Å². The van der Waals surface area contributed by atoms with Crippen LogP contribution in [0.2, 0.25) is 0 Å². The second kappa shape index (κ2) is 8.79. The first-order valence-electron chi connectivity index (χ1n) is 11.0. The van der Waals surface area contributed by atoms with E-state index in [0.29, 0.717) is 17.7 Å². The number of sulfonamides is 1. The van der Waals surface area contributed by atoms with Crippen LogP contribution in [-0.2, 0) is 29.3 Å². The number of anilines is 2. The normalized spacial score (nSPS) is 15.5. The number of nitrogens with one attached hydrogen (secondary N) is 1. The lowest BCUT2D eigenvalue weighted by molar-refractivity contribution is 0.0981. The van der Waals surface area contributed by atoms with Crippen molar-refractivity contribution in [1.29, 1.82) is 0 Å². The molecule has 0 spiro atoms. The molecule has 0 saturated carbocycles. The van der Waals surface area contributed by atoms with Crippen LogP contribution >= 0.6 is 0 Å². The lowest BCUT2D eigenvalue weighted by atomic mass is 10.0. The van der Waals surface area contributed by atoms with Crippen molar-refractivity contribution in [2.45, 2.75) is 51.0 Å². The number of carbonyl (C=O) groups is 1. The first-order valence-corrected chi connectivity index (χ1v) is 12.5. The van der Waals surface area contributed by atoms with Crippen LogP contribution in [0.1, 0.15) is 47.8 Å². The Bertz CT molecular complexity index is 1230. The van der Waals surface area contributed by atoms with Crippen LogP contribution in [0.25, 0.3) is 0 Å². The van der Waals surface area contributed by atoms with Gasteiger partial charge in [-0.1, -0.05) is 50.2 Å². The molecule has 0 unspecified atom stereocenters. The number of hydrogen-bond acceptors (Lipinski definition) is 3. The molecule has 6 heteroatoms. The van der Waals surface area contributed by atoms with E-state index in [0.717, 1.165) is 35.2 Å². The molecule has 1 N–H and O–H groups in total. The maximum absolute atomic E-state index is 13.3. The third-order valence-electron chi connectivity index (χ3n) is 6.05. The summed E-state index contributed by atoms with van der Waals surface area (Å²) in [5.41, 5.74) is 4.88. The number of carbonyl (C=O) groups excluding carboxylic acids is 1. The molecule has 0 radical (unpaired) electrons. The van der Waals surface area contributed by atoms with Gasteiger partial charge in [-0.15, -0.1) is 0 Å². The number of amides is 1. The summed E-state index contributed by atoms with van der Waals surface area (Å²) in [6.45, 7) is 6.02. The fourth-order valence-electron chi connectivity index (χ4n) is 4.37. The standard InChI is InChI=1S/C26H28N2O3S/c1-4-19-12-9-13-20(5-2)25(19)27-32(30,31)23-14-15-24-22(17-23)16-18(3)28(24)26(29)21-10-7-6-8-11-21/h6-15,17-18,27H,4-5,16H2,1-3H3/t18-/m0/s1. The Labute approximate surface area is 190 Å². The van der Waals surface area contributed by atoms with Crippen molar-refractivity contribution in [2.75, 3.05) is 9.62 Å². The topological polar surface area (TPSA) is 66.5 Å². The monoisotopic (exact) mass is 448 g/mol. The van der Waals surface area contributed by atoms with Crippen LogP contribution in [0, 0.1) is 0 Å². The van der Waals surface area contributed by atoms with Gasteiger partial charge in [-0.2, -0.15) is 0 Å². The van der Waals surface area contributed by atoms with Crippen LogP contribution in [0.5, 0.6) is 0 Å². The van der Waals surface area contributed by atoms with Crippen molar-refractivity contribution in [3.8, 4) is 0 Å². The van der Waals surface area contributed by atoms with E-state index in [1.54, 1.807) is 35.2 Å². The van der Waals surface area contributed by atoms with E-state index in [9.17, 15) is 13.2 Å². The molecule has 4 rings (SSSR count). The minimum Gasteiger partial charge on any atom is -0.305 e. The molecule has 0 bridgehead atoms. The Morgan fingerprint density at radius 2 is 1.62 bits per heavy atom. The highest BCUT2D eigenvalue weighted by atomic mass is 32.2. The Balaban J connectivity index is 1.67. The molecule has 5 nitrogen and oxygen atoms in total. The Kier molecular flexibility index (Phi) is 6.07. The number of nitrogens with zero attached hydrogens (tertiary/aromatic N) is 1. The first kappa shape index (κ1) is 22.1. The summed E-state index contributed by atoms with van der Waals surface area (Å²) in [4.78, 5) is 15.1. The number of rotatable bonds is 6. The number of para-hydroxylation sites is 1. The molecule has 32 heavy (non-hydrogen) atoms. The van der Waals surface area contributed by atoms with Gasteiger partial charge >= 0.3 is 0 Å². The minimum absolute atomic E-state index is 0.0452. The number of hydrogen-bond donors (Lipinski definition) is 1. The zero-order valence-electron chi connectivity index (χ0n) is 18.6. The SMILES string of the molecule is CCc1cccc(CC)c1NS(=O)(=O)c1ccc2c(c1)C[C@H](C)N2C(=O)c1ccccc1. The summed E-state index contributed by atoms with van der Waals surface area (Å²) >= 11 is 0. The van der Waals surface area contributed by atoms with Gasteiger partial charge in [0.1, 0.15) is 0 Å². The van der Waals surface area contributed by atoms with Gasteiger partial charge in [0, 0.05) is 17.3 Å². The predicted molar refractivity (Wildman–Crippen MR) is 129 cm³/mol. The zero-order chi connectivity index (χ0) is 22.9. The van der Waals surface area contributed by atoms with Crippen LogP contribution < -0.4 is 9.62 Å². The maximum Gasteiger partial charge on any atom is 0.261 e. The van der Waals surface area contributed by atoms with Gasteiger partial charge in [-0.25, -0.2) is 8.42 Å². The third-order valence-corrected chi connectivity index (χ3v) is 7.40. The van der Waals surface area contributed by atoms with Gasteiger partial charge in [0.2, 0.25) is 0 Å². The van der Waals surface area contributed by atoms with Crippen LogP contribution in [-0.4, -0.2) is 20.4 Å². The molecule has 0 aromatic heterocycles. The van der Waals surface area contributed by atoms with E-state index in [2.05, 4.69) is 4.72 Å². The number of fused-ring (bicyclic) bond motifs is 1. The Hall–Kier alpha value is -3.12. The van der Waals surface area contributed by atoms with Crippen molar-refractivity contribution >= 4 is 27.3 Å². The molecule has 1 aliphatic heterocycles. The fraction of sp³-hybridized carbons (Fsp3) is 0.269. The highest BCUT2D eigenvalue weighted by Gasteiger charge is 2.32. The van der Waals surface area contributed by atoms with Crippen LogP contribution in [0.3, 0.4) is 0 Å². The number of benzene rings is 3. The van der Waals surface area contributed by atoms with Crippen molar-refractivity contribution in [3.63, 3.8) is 0 Å². The lowest BCUT2D eigenvalue weighted by Crippen LogP contribution is -2.35. The highest BCUT2D eigenvalue weighted by molar-refractivity contribution is 7.92. The molecule has 3 aromatic carbocycles. The molecule has 1 atom stereocenters. The smallest absolute Gasteiger partial charge is 0.261 e. The summed E-state index contributed by atoms with van der Waals surface area (Å²) in [5, 5.41) is 0. The molecule has 3 aromatic rings. The zero-order valence-corrected chi connectivity index (χ0v) is 19.4. The second-order valence-corrected chi connectivity index (χ2v) is 9.83. The lowest BCUT2D eigenvalue weighted by Gasteiger charge is -2.23. The predicted octanol–water partition coefficient (Wildman–Crippen LogP) is 5.20. The van der Waals surface area contributed by atoms with E-state index in [1.807, 2.05) is 57.2 Å². The van der Waals surface area contributed by atoms with Gasteiger partial charge in [-0.05, 0) is 73.2 Å². The molecule has 1 amide bonds. The average Bonchev–Trinajstić information content (AvgIpc) is 3.14. The van der Waals surface area contributed by atoms with Crippen molar-refractivity contribution in [2.24, 2.45) is 0 Å². The first-order chi connectivity index (χ1) is 15.4. The molecule has 166 valence electrons. The van der Waals surface area contributed by atoms with Gasteiger partial charge in [0.05, 0.1) is 10.6 Å². The summed E-state index contributed by atoms with van der Waals surface area (Å²) < 4.78 is 29.4. The molecular weight excluding hydrogens is 420 g/mol.